The fraction of sp³-hybridized carbons (Fsp3) is 0.462. The number of rotatable bonds is 9. The van der Waals surface area contributed by atoms with Crippen LogP contribution in [0.4, 0.5) is 0 Å². The lowest BCUT2D eigenvalue weighted by atomic mass is 9.95. The number of nitrogens with one attached hydrogen (secondary N) is 1. The summed E-state index contributed by atoms with van der Waals surface area (Å²) in [5.41, 5.74) is 3.44. The third-order valence-corrected chi connectivity index (χ3v) is 7.42. The van der Waals surface area contributed by atoms with Crippen molar-refractivity contribution in [3.05, 3.63) is 69.7 Å². The summed E-state index contributed by atoms with van der Waals surface area (Å²) in [4.78, 5) is 28.0. The van der Waals surface area contributed by atoms with Crippen LogP contribution in [-0.4, -0.2) is 34.6 Å². The summed E-state index contributed by atoms with van der Waals surface area (Å²) in [7, 11) is 0. The van der Waals surface area contributed by atoms with Crippen LogP contribution in [0.15, 0.2) is 53.0 Å². The average molecular weight is 518 g/mol. The highest BCUT2D eigenvalue weighted by atomic mass is 79.9. The number of thioether (sulfide) groups is 1. The number of amides is 2. The van der Waals surface area contributed by atoms with Gasteiger partial charge in [0.1, 0.15) is 6.04 Å². The van der Waals surface area contributed by atoms with E-state index in [-0.39, 0.29) is 17.9 Å². The van der Waals surface area contributed by atoms with E-state index in [9.17, 15) is 9.59 Å². The molecule has 0 heterocycles. The minimum Gasteiger partial charge on any atom is -0.352 e. The zero-order valence-corrected chi connectivity index (χ0v) is 21.4. The van der Waals surface area contributed by atoms with E-state index in [4.69, 9.17) is 0 Å². The molecule has 2 aromatic rings. The smallest absolute Gasteiger partial charge is 0.242 e. The van der Waals surface area contributed by atoms with Gasteiger partial charge >= 0.3 is 0 Å². The summed E-state index contributed by atoms with van der Waals surface area (Å²) in [6.07, 6.45) is 5.63. The average Bonchev–Trinajstić information content (AvgIpc) is 2.77. The van der Waals surface area contributed by atoms with Gasteiger partial charge < -0.3 is 10.2 Å². The molecule has 0 aromatic heterocycles. The van der Waals surface area contributed by atoms with Gasteiger partial charge in [-0.25, -0.2) is 0 Å². The molecule has 6 heteroatoms. The third kappa shape index (κ3) is 7.66. The first kappa shape index (κ1) is 24.8. The summed E-state index contributed by atoms with van der Waals surface area (Å²) in [5, 5.41) is 3.19. The summed E-state index contributed by atoms with van der Waals surface area (Å²) in [6, 6.07) is 16.0. The first-order valence-corrected chi connectivity index (χ1v) is 13.3. The highest BCUT2D eigenvalue weighted by molar-refractivity contribution is 9.10. The van der Waals surface area contributed by atoms with Crippen molar-refractivity contribution in [3.8, 4) is 0 Å². The van der Waals surface area contributed by atoms with Crippen molar-refractivity contribution in [1.29, 1.82) is 0 Å². The van der Waals surface area contributed by atoms with E-state index in [1.807, 2.05) is 37.3 Å². The van der Waals surface area contributed by atoms with Gasteiger partial charge in [0.2, 0.25) is 11.8 Å². The summed E-state index contributed by atoms with van der Waals surface area (Å²) >= 11 is 5.11. The van der Waals surface area contributed by atoms with E-state index >= 15 is 0 Å². The Hall–Kier alpha value is -1.79. The Bertz CT molecular complexity index is 914. The largest absolute Gasteiger partial charge is 0.352 e. The first-order valence-electron chi connectivity index (χ1n) is 11.4. The Labute approximate surface area is 204 Å². The van der Waals surface area contributed by atoms with Crippen molar-refractivity contribution >= 4 is 39.5 Å². The van der Waals surface area contributed by atoms with Crippen LogP contribution in [0.25, 0.3) is 0 Å². The molecular formula is C26H33BrN2O2S. The topological polar surface area (TPSA) is 49.4 Å². The zero-order chi connectivity index (χ0) is 22.9. The number of carbonyl (C=O) groups excluding carboxylic acids is 2. The van der Waals surface area contributed by atoms with Gasteiger partial charge in [-0.05, 0) is 49.9 Å². The molecule has 3 rings (SSSR count). The minimum absolute atomic E-state index is 0.00563. The SMILES string of the molecule is Cc1cccc(CSCC(=O)N(Cc2cccc(Br)c2)[C@H](C)C(=O)NC2CCCCC2)c1. The molecule has 0 bridgehead atoms. The Morgan fingerprint density at radius 1 is 1.09 bits per heavy atom. The van der Waals surface area contributed by atoms with E-state index in [1.54, 1.807) is 16.7 Å². The second-order valence-electron chi connectivity index (χ2n) is 8.65. The van der Waals surface area contributed by atoms with Crippen molar-refractivity contribution in [1.82, 2.24) is 10.2 Å². The standard InChI is InChI=1S/C26H33BrN2O2S/c1-19-8-6-10-22(14-19)17-32-18-25(30)29(16-21-9-7-11-23(27)15-21)20(2)26(31)28-24-12-4-3-5-13-24/h6-11,14-15,20,24H,3-5,12-13,16-18H2,1-2H3,(H,28,31)/t20-/m1/s1. The fourth-order valence-corrected chi connectivity index (χ4v) is 5.43. The molecule has 0 aliphatic heterocycles. The van der Waals surface area contributed by atoms with Crippen molar-refractivity contribution in [2.45, 2.75) is 70.3 Å². The van der Waals surface area contributed by atoms with Crippen LogP contribution in [0.1, 0.15) is 55.7 Å². The molecule has 4 nitrogen and oxygen atoms in total. The number of nitrogens with zero attached hydrogens (tertiary/aromatic N) is 1. The lowest BCUT2D eigenvalue weighted by molar-refractivity contribution is -0.139. The normalized spacial score (nSPS) is 15.2. The Kier molecular flexibility index (Phi) is 9.67. The molecule has 0 spiro atoms. The monoisotopic (exact) mass is 516 g/mol. The molecule has 1 N–H and O–H groups in total. The lowest BCUT2D eigenvalue weighted by Crippen LogP contribution is -2.50. The zero-order valence-electron chi connectivity index (χ0n) is 19.0. The first-order chi connectivity index (χ1) is 15.4. The van der Waals surface area contributed by atoms with Gasteiger partial charge in [-0.1, -0.05) is 77.2 Å². The Balaban J connectivity index is 1.65. The molecule has 172 valence electrons. The van der Waals surface area contributed by atoms with Crippen molar-refractivity contribution in [3.63, 3.8) is 0 Å². The Morgan fingerprint density at radius 2 is 1.81 bits per heavy atom. The molecule has 2 amide bonds. The molecule has 1 fully saturated rings. The van der Waals surface area contributed by atoms with Crippen LogP contribution in [0.2, 0.25) is 0 Å². The minimum atomic E-state index is -0.511. The number of hydrogen-bond donors (Lipinski definition) is 1. The molecule has 1 atom stereocenters. The van der Waals surface area contributed by atoms with Gasteiger partial charge in [-0.15, -0.1) is 11.8 Å². The van der Waals surface area contributed by atoms with Crippen molar-refractivity contribution < 1.29 is 9.59 Å². The lowest BCUT2D eigenvalue weighted by Gasteiger charge is -2.31. The number of carbonyl (C=O) groups is 2. The van der Waals surface area contributed by atoms with Gasteiger partial charge in [0.15, 0.2) is 0 Å². The van der Waals surface area contributed by atoms with Gasteiger partial charge in [0.25, 0.3) is 0 Å². The van der Waals surface area contributed by atoms with Crippen molar-refractivity contribution in [2.75, 3.05) is 5.75 Å². The fourth-order valence-electron chi connectivity index (χ4n) is 4.12. The van der Waals surface area contributed by atoms with Gasteiger partial charge in [-0.2, -0.15) is 0 Å². The molecule has 1 saturated carbocycles. The van der Waals surface area contributed by atoms with Gasteiger partial charge in [0.05, 0.1) is 5.75 Å². The van der Waals surface area contributed by atoms with Crippen LogP contribution in [0.3, 0.4) is 0 Å². The number of aryl methyl sites for hydroxylation is 1. The van der Waals surface area contributed by atoms with Crippen LogP contribution in [0.5, 0.6) is 0 Å². The summed E-state index contributed by atoms with van der Waals surface area (Å²) in [6.45, 7) is 4.34. The van der Waals surface area contributed by atoms with Gasteiger partial charge in [0, 0.05) is 22.8 Å². The molecule has 0 radical (unpaired) electrons. The Morgan fingerprint density at radius 3 is 2.53 bits per heavy atom. The number of hydrogen-bond acceptors (Lipinski definition) is 3. The van der Waals surface area contributed by atoms with E-state index in [0.29, 0.717) is 12.3 Å². The molecule has 0 saturated heterocycles. The van der Waals surface area contributed by atoms with Gasteiger partial charge in [-0.3, -0.25) is 9.59 Å². The van der Waals surface area contributed by atoms with Crippen LogP contribution >= 0.6 is 27.7 Å². The maximum absolute atomic E-state index is 13.2. The van der Waals surface area contributed by atoms with E-state index in [2.05, 4.69) is 46.4 Å². The van der Waals surface area contributed by atoms with Crippen LogP contribution in [-0.2, 0) is 21.9 Å². The predicted molar refractivity (Wildman–Crippen MR) is 137 cm³/mol. The highest BCUT2D eigenvalue weighted by Gasteiger charge is 2.28. The molecule has 1 aliphatic carbocycles. The molecule has 32 heavy (non-hydrogen) atoms. The summed E-state index contributed by atoms with van der Waals surface area (Å²) in [5.74, 6) is 1.07. The highest BCUT2D eigenvalue weighted by Crippen LogP contribution is 2.20. The maximum Gasteiger partial charge on any atom is 0.242 e. The summed E-state index contributed by atoms with van der Waals surface area (Å²) < 4.78 is 0.968. The van der Waals surface area contributed by atoms with E-state index in [1.165, 1.54) is 17.5 Å². The maximum atomic E-state index is 13.2. The number of benzene rings is 2. The van der Waals surface area contributed by atoms with E-state index in [0.717, 1.165) is 41.5 Å². The van der Waals surface area contributed by atoms with Crippen LogP contribution < -0.4 is 5.32 Å². The second-order valence-corrected chi connectivity index (χ2v) is 10.6. The molecular weight excluding hydrogens is 484 g/mol. The number of halogens is 1. The molecule has 1 aliphatic rings. The quantitative estimate of drug-likeness (QED) is 0.454. The van der Waals surface area contributed by atoms with Crippen molar-refractivity contribution in [2.24, 2.45) is 0 Å². The van der Waals surface area contributed by atoms with Crippen LogP contribution in [0, 0.1) is 6.92 Å². The third-order valence-electron chi connectivity index (χ3n) is 5.94. The van der Waals surface area contributed by atoms with E-state index < -0.39 is 6.04 Å². The molecule has 2 aromatic carbocycles. The second kappa shape index (κ2) is 12.4. The molecule has 0 unspecified atom stereocenters. The predicted octanol–water partition coefficient (Wildman–Crippen LogP) is 5.86.